The van der Waals surface area contributed by atoms with Crippen molar-refractivity contribution in [2.45, 2.75) is 4.90 Å². The van der Waals surface area contributed by atoms with E-state index in [1.54, 1.807) is 12.1 Å². The number of benzene rings is 1. The highest BCUT2D eigenvalue weighted by molar-refractivity contribution is 9.10. The minimum Gasteiger partial charge on any atom is -0.368 e. The number of hydrogen-bond acceptors (Lipinski definition) is 4. The van der Waals surface area contributed by atoms with Crippen molar-refractivity contribution >= 4 is 32.3 Å². The summed E-state index contributed by atoms with van der Waals surface area (Å²) < 4.78 is 23.4. The Labute approximate surface area is 111 Å². The molecule has 6 heteroatoms. The Kier molecular flexibility index (Phi) is 4.06. The van der Waals surface area contributed by atoms with E-state index in [4.69, 9.17) is 0 Å². The van der Waals surface area contributed by atoms with Crippen LogP contribution in [0.25, 0.3) is 0 Å². The average molecular weight is 319 g/mol. The van der Waals surface area contributed by atoms with E-state index in [2.05, 4.69) is 32.8 Å². The zero-order valence-corrected chi connectivity index (χ0v) is 12.1. The van der Waals surface area contributed by atoms with Crippen LogP contribution in [0.1, 0.15) is 0 Å². The maximum absolute atomic E-state index is 11.2. The van der Waals surface area contributed by atoms with Crippen LogP contribution in [0.3, 0.4) is 0 Å². The van der Waals surface area contributed by atoms with Gasteiger partial charge in [0.2, 0.25) is 0 Å². The van der Waals surface area contributed by atoms with Crippen molar-refractivity contribution in [3.8, 4) is 0 Å². The predicted molar refractivity (Wildman–Crippen MR) is 72.4 cm³/mol. The lowest BCUT2D eigenvalue weighted by atomic mass is 10.2. The van der Waals surface area contributed by atoms with Gasteiger partial charge < -0.3 is 9.80 Å². The van der Waals surface area contributed by atoms with E-state index in [-0.39, 0.29) is 0 Å². The highest BCUT2D eigenvalue weighted by Gasteiger charge is 2.18. The van der Waals surface area contributed by atoms with Crippen molar-refractivity contribution < 1.29 is 8.42 Å². The predicted octanol–water partition coefficient (Wildman–Crippen LogP) is 1.17. The van der Waals surface area contributed by atoms with Crippen LogP contribution < -0.4 is 4.90 Å². The molecule has 4 nitrogen and oxygen atoms in total. The molecule has 1 aliphatic rings. The standard InChI is InChI=1S/C11H15BrN2O2S/c1-13-4-6-14(7-5-13)10-8-9(12)2-3-11(10)17(15)16/h2-3,8,17H,4-7H2,1H3. The number of piperazine rings is 1. The van der Waals surface area contributed by atoms with Gasteiger partial charge in [-0.2, -0.15) is 0 Å². The first kappa shape index (κ1) is 12.9. The summed E-state index contributed by atoms with van der Waals surface area (Å²) in [6.45, 7) is 3.65. The highest BCUT2D eigenvalue weighted by Crippen LogP contribution is 2.27. The summed E-state index contributed by atoms with van der Waals surface area (Å²) in [5, 5.41) is 0. The molecule has 1 aliphatic heterocycles. The Bertz CT molecular complexity index is 474. The fourth-order valence-electron chi connectivity index (χ4n) is 1.95. The monoisotopic (exact) mass is 318 g/mol. The van der Waals surface area contributed by atoms with Crippen molar-refractivity contribution in [1.29, 1.82) is 0 Å². The van der Waals surface area contributed by atoms with Crippen LogP contribution in [0, 0.1) is 0 Å². The Morgan fingerprint density at radius 3 is 2.41 bits per heavy atom. The lowest BCUT2D eigenvalue weighted by Crippen LogP contribution is -2.44. The number of nitrogens with zero attached hydrogens (tertiary/aromatic N) is 2. The molecule has 0 atom stereocenters. The highest BCUT2D eigenvalue weighted by atomic mass is 79.9. The van der Waals surface area contributed by atoms with Crippen LogP contribution in [0.5, 0.6) is 0 Å². The van der Waals surface area contributed by atoms with Gasteiger partial charge in [-0.3, -0.25) is 0 Å². The first-order chi connectivity index (χ1) is 8.08. The lowest BCUT2D eigenvalue weighted by molar-refractivity contribution is 0.312. The Hall–Kier alpha value is -0.590. The molecule has 17 heavy (non-hydrogen) atoms. The van der Waals surface area contributed by atoms with Crippen LogP contribution in [0.4, 0.5) is 5.69 Å². The van der Waals surface area contributed by atoms with Gasteiger partial charge in [-0.15, -0.1) is 0 Å². The molecule has 0 spiro atoms. The Morgan fingerprint density at radius 1 is 1.18 bits per heavy atom. The molecule has 1 fully saturated rings. The third-order valence-electron chi connectivity index (χ3n) is 2.98. The second-order valence-electron chi connectivity index (χ2n) is 4.18. The van der Waals surface area contributed by atoms with E-state index < -0.39 is 10.7 Å². The van der Waals surface area contributed by atoms with E-state index in [1.807, 2.05) is 6.07 Å². The van der Waals surface area contributed by atoms with Gasteiger partial charge in [0.15, 0.2) is 10.7 Å². The molecule has 94 valence electrons. The summed E-state index contributed by atoms with van der Waals surface area (Å²) in [4.78, 5) is 4.78. The largest absolute Gasteiger partial charge is 0.368 e. The zero-order chi connectivity index (χ0) is 12.4. The van der Waals surface area contributed by atoms with Gasteiger partial charge in [-0.1, -0.05) is 15.9 Å². The normalized spacial score (nSPS) is 17.7. The first-order valence-corrected chi connectivity index (χ1v) is 7.42. The van der Waals surface area contributed by atoms with Gasteiger partial charge in [-0.25, -0.2) is 8.42 Å². The van der Waals surface area contributed by atoms with Gasteiger partial charge in [0.05, 0.1) is 10.6 Å². The van der Waals surface area contributed by atoms with Crippen molar-refractivity contribution in [3.63, 3.8) is 0 Å². The van der Waals surface area contributed by atoms with E-state index >= 15 is 0 Å². The molecule has 0 bridgehead atoms. The molecule has 0 unspecified atom stereocenters. The SMILES string of the molecule is CN1CCN(c2cc(Br)ccc2[SH](=O)=O)CC1. The Balaban J connectivity index is 2.33. The van der Waals surface area contributed by atoms with Crippen LogP contribution >= 0.6 is 15.9 Å². The number of thiol groups is 1. The van der Waals surface area contributed by atoms with E-state index in [0.29, 0.717) is 4.90 Å². The number of likely N-dealkylation sites (N-methyl/N-ethyl adjacent to an activating group) is 1. The smallest absolute Gasteiger partial charge is 0.170 e. The minimum atomic E-state index is -2.54. The number of halogens is 1. The molecule has 2 rings (SSSR count). The van der Waals surface area contributed by atoms with Gasteiger partial charge in [-0.05, 0) is 25.2 Å². The lowest BCUT2D eigenvalue weighted by Gasteiger charge is -2.34. The van der Waals surface area contributed by atoms with Gasteiger partial charge in [0.25, 0.3) is 0 Å². The number of hydrogen-bond donors (Lipinski definition) is 1. The van der Waals surface area contributed by atoms with Crippen LogP contribution in [-0.4, -0.2) is 46.5 Å². The summed E-state index contributed by atoms with van der Waals surface area (Å²) in [5.41, 5.74) is 0.809. The molecular formula is C11H15BrN2O2S. The van der Waals surface area contributed by atoms with Crippen molar-refractivity contribution in [2.75, 3.05) is 38.1 Å². The second kappa shape index (κ2) is 5.37. The average Bonchev–Trinajstić information content (AvgIpc) is 2.29. The molecular weight excluding hydrogens is 304 g/mol. The minimum absolute atomic E-state index is 0.410. The molecule has 0 aromatic heterocycles. The van der Waals surface area contributed by atoms with Crippen LogP contribution in [0.2, 0.25) is 0 Å². The van der Waals surface area contributed by atoms with E-state index in [0.717, 1.165) is 36.3 Å². The maximum Gasteiger partial charge on any atom is 0.170 e. The summed E-state index contributed by atoms with van der Waals surface area (Å²) in [5.74, 6) is 0. The van der Waals surface area contributed by atoms with Gasteiger partial charge >= 0.3 is 0 Å². The molecule has 1 aromatic rings. The summed E-state index contributed by atoms with van der Waals surface area (Å²) in [6, 6.07) is 5.30. The summed E-state index contributed by atoms with van der Waals surface area (Å²) in [7, 11) is -0.464. The zero-order valence-electron chi connectivity index (χ0n) is 9.60. The van der Waals surface area contributed by atoms with E-state index in [9.17, 15) is 8.42 Å². The van der Waals surface area contributed by atoms with Crippen LogP contribution in [-0.2, 0) is 10.7 Å². The van der Waals surface area contributed by atoms with Crippen molar-refractivity contribution in [3.05, 3.63) is 22.7 Å². The molecule has 1 heterocycles. The third kappa shape index (κ3) is 3.00. The molecule has 0 amide bonds. The van der Waals surface area contributed by atoms with Gasteiger partial charge in [0.1, 0.15) is 0 Å². The molecule has 0 aliphatic carbocycles. The van der Waals surface area contributed by atoms with E-state index in [1.165, 1.54) is 0 Å². The maximum atomic E-state index is 11.2. The summed E-state index contributed by atoms with van der Waals surface area (Å²) >= 11 is 3.39. The number of anilines is 1. The molecule has 0 N–H and O–H groups in total. The van der Waals surface area contributed by atoms with Crippen LogP contribution in [0.15, 0.2) is 27.6 Å². The fourth-order valence-corrected chi connectivity index (χ4v) is 2.89. The molecule has 0 saturated carbocycles. The topological polar surface area (TPSA) is 40.6 Å². The third-order valence-corrected chi connectivity index (χ3v) is 4.24. The fraction of sp³-hybridized carbons (Fsp3) is 0.455. The molecule has 0 radical (unpaired) electrons. The molecule has 1 saturated heterocycles. The second-order valence-corrected chi connectivity index (χ2v) is 6.09. The molecule has 1 aromatic carbocycles. The first-order valence-electron chi connectivity index (χ1n) is 5.45. The Morgan fingerprint density at radius 2 is 1.82 bits per heavy atom. The van der Waals surface area contributed by atoms with Crippen molar-refractivity contribution in [2.24, 2.45) is 0 Å². The van der Waals surface area contributed by atoms with Crippen molar-refractivity contribution in [1.82, 2.24) is 4.90 Å². The number of rotatable bonds is 2. The summed E-state index contributed by atoms with van der Waals surface area (Å²) in [6.07, 6.45) is 0. The van der Waals surface area contributed by atoms with Gasteiger partial charge in [0, 0.05) is 30.7 Å². The quantitative estimate of drug-likeness (QED) is 0.831.